The molecule has 1 heterocycles. The van der Waals surface area contributed by atoms with Crippen molar-refractivity contribution in [1.82, 2.24) is 0 Å². The van der Waals surface area contributed by atoms with Crippen molar-refractivity contribution >= 4 is 27.3 Å². The van der Waals surface area contributed by atoms with Crippen LogP contribution >= 0.6 is 27.3 Å². The molecule has 2 nitrogen and oxygen atoms in total. The number of aliphatic hydroxyl groups is 1. The Morgan fingerprint density at radius 2 is 1.94 bits per heavy atom. The lowest BCUT2D eigenvalue weighted by molar-refractivity contribution is 0.0608. The standard InChI is InChI=1S/C14H15BrO2S/c1-14(16,13-12(15)7-8-18-13)9-10-3-5-11(17-2)6-4-10/h3-8,16H,9H2,1-2H3. The molecule has 0 aliphatic rings. The number of rotatable bonds is 4. The van der Waals surface area contributed by atoms with Crippen LogP contribution in [0.15, 0.2) is 40.2 Å². The Bertz CT molecular complexity index is 517. The number of ether oxygens (including phenoxy) is 1. The SMILES string of the molecule is COc1ccc(CC(C)(O)c2sccc2Br)cc1. The van der Waals surface area contributed by atoms with Gasteiger partial charge in [-0.15, -0.1) is 11.3 Å². The first kappa shape index (κ1) is 13.6. The van der Waals surface area contributed by atoms with E-state index in [-0.39, 0.29) is 0 Å². The van der Waals surface area contributed by atoms with E-state index in [4.69, 9.17) is 4.74 Å². The van der Waals surface area contributed by atoms with Gasteiger partial charge in [0.1, 0.15) is 11.4 Å². The van der Waals surface area contributed by atoms with Gasteiger partial charge in [-0.3, -0.25) is 0 Å². The lowest BCUT2D eigenvalue weighted by Crippen LogP contribution is -2.23. The maximum Gasteiger partial charge on any atom is 0.118 e. The Morgan fingerprint density at radius 3 is 2.44 bits per heavy atom. The van der Waals surface area contributed by atoms with Gasteiger partial charge in [-0.25, -0.2) is 0 Å². The normalized spacial score (nSPS) is 14.2. The van der Waals surface area contributed by atoms with E-state index in [1.165, 1.54) is 0 Å². The molecule has 1 atom stereocenters. The molecule has 2 rings (SSSR count). The van der Waals surface area contributed by atoms with Crippen molar-refractivity contribution in [1.29, 1.82) is 0 Å². The zero-order chi connectivity index (χ0) is 13.2. The van der Waals surface area contributed by atoms with E-state index in [1.807, 2.05) is 42.6 Å². The molecule has 0 amide bonds. The average Bonchev–Trinajstić information content (AvgIpc) is 2.77. The van der Waals surface area contributed by atoms with Crippen molar-refractivity contribution in [3.8, 4) is 5.75 Å². The number of thiophene rings is 1. The second-order valence-electron chi connectivity index (χ2n) is 4.40. The molecule has 0 fully saturated rings. The third kappa shape index (κ3) is 2.94. The van der Waals surface area contributed by atoms with Crippen molar-refractivity contribution in [2.75, 3.05) is 7.11 Å². The molecule has 1 N–H and O–H groups in total. The summed E-state index contributed by atoms with van der Waals surface area (Å²) >= 11 is 5.03. The van der Waals surface area contributed by atoms with Crippen LogP contribution in [0.5, 0.6) is 5.75 Å². The first-order chi connectivity index (χ1) is 8.53. The van der Waals surface area contributed by atoms with Crippen LogP contribution in [0.25, 0.3) is 0 Å². The molecule has 0 spiro atoms. The lowest BCUT2D eigenvalue weighted by Gasteiger charge is -2.23. The van der Waals surface area contributed by atoms with Crippen molar-refractivity contribution in [3.63, 3.8) is 0 Å². The number of hydrogen-bond donors (Lipinski definition) is 1. The van der Waals surface area contributed by atoms with E-state index in [9.17, 15) is 5.11 Å². The van der Waals surface area contributed by atoms with E-state index in [2.05, 4.69) is 15.9 Å². The summed E-state index contributed by atoms with van der Waals surface area (Å²) in [7, 11) is 1.65. The third-order valence-corrected chi connectivity index (χ3v) is 4.90. The molecular weight excluding hydrogens is 312 g/mol. The van der Waals surface area contributed by atoms with Crippen LogP contribution in [0.3, 0.4) is 0 Å². The van der Waals surface area contributed by atoms with Crippen LogP contribution in [0, 0.1) is 0 Å². The third-order valence-electron chi connectivity index (χ3n) is 2.81. The van der Waals surface area contributed by atoms with Gasteiger partial charge in [0.05, 0.1) is 12.0 Å². The smallest absolute Gasteiger partial charge is 0.118 e. The molecule has 18 heavy (non-hydrogen) atoms. The molecule has 2 aromatic rings. The molecule has 0 aliphatic heterocycles. The summed E-state index contributed by atoms with van der Waals surface area (Å²) in [6, 6.07) is 9.75. The highest BCUT2D eigenvalue weighted by atomic mass is 79.9. The van der Waals surface area contributed by atoms with Gasteiger partial charge < -0.3 is 9.84 Å². The molecule has 0 saturated heterocycles. The van der Waals surface area contributed by atoms with E-state index < -0.39 is 5.60 Å². The van der Waals surface area contributed by atoms with Gasteiger partial charge in [-0.1, -0.05) is 12.1 Å². The number of benzene rings is 1. The maximum absolute atomic E-state index is 10.6. The van der Waals surface area contributed by atoms with Gasteiger partial charge in [0.15, 0.2) is 0 Å². The summed E-state index contributed by atoms with van der Waals surface area (Å²) < 4.78 is 6.09. The minimum absolute atomic E-state index is 0.579. The number of hydrogen-bond acceptors (Lipinski definition) is 3. The van der Waals surface area contributed by atoms with Gasteiger partial charge in [-0.05, 0) is 52.0 Å². The van der Waals surface area contributed by atoms with E-state index in [0.29, 0.717) is 6.42 Å². The fourth-order valence-corrected chi connectivity index (χ4v) is 3.76. The topological polar surface area (TPSA) is 29.5 Å². The zero-order valence-electron chi connectivity index (χ0n) is 10.3. The maximum atomic E-state index is 10.6. The molecular formula is C14H15BrO2S. The predicted molar refractivity (Wildman–Crippen MR) is 78.3 cm³/mol. The molecule has 0 aliphatic carbocycles. The van der Waals surface area contributed by atoms with Gasteiger partial charge in [0.25, 0.3) is 0 Å². The van der Waals surface area contributed by atoms with E-state index in [1.54, 1.807) is 18.4 Å². The van der Waals surface area contributed by atoms with Gasteiger partial charge in [0, 0.05) is 10.9 Å². The van der Waals surface area contributed by atoms with Crippen LogP contribution in [0.4, 0.5) is 0 Å². The summed E-state index contributed by atoms with van der Waals surface area (Å²) in [5.74, 6) is 0.829. The summed E-state index contributed by atoms with van der Waals surface area (Å²) in [5, 5.41) is 12.6. The Hall–Kier alpha value is -0.840. The Kier molecular flexibility index (Phi) is 4.10. The van der Waals surface area contributed by atoms with Crippen LogP contribution in [0.1, 0.15) is 17.4 Å². The molecule has 1 aromatic heterocycles. The fourth-order valence-electron chi connectivity index (χ4n) is 1.90. The second kappa shape index (κ2) is 5.43. The highest BCUT2D eigenvalue weighted by Gasteiger charge is 2.27. The predicted octanol–water partition coefficient (Wildman–Crippen LogP) is 3.97. The quantitative estimate of drug-likeness (QED) is 0.921. The van der Waals surface area contributed by atoms with E-state index in [0.717, 1.165) is 20.7 Å². The molecule has 0 radical (unpaired) electrons. The van der Waals surface area contributed by atoms with Crippen molar-refractivity contribution in [2.24, 2.45) is 0 Å². The van der Waals surface area contributed by atoms with Gasteiger partial charge in [0.2, 0.25) is 0 Å². The molecule has 4 heteroatoms. The van der Waals surface area contributed by atoms with Gasteiger partial charge >= 0.3 is 0 Å². The molecule has 0 saturated carbocycles. The number of halogens is 1. The Morgan fingerprint density at radius 1 is 1.28 bits per heavy atom. The molecule has 1 aromatic carbocycles. The molecule has 0 bridgehead atoms. The summed E-state index contributed by atoms with van der Waals surface area (Å²) in [4.78, 5) is 0.957. The van der Waals surface area contributed by atoms with Crippen molar-refractivity contribution in [3.05, 3.63) is 50.6 Å². The largest absolute Gasteiger partial charge is 0.497 e. The van der Waals surface area contributed by atoms with Crippen LogP contribution < -0.4 is 4.74 Å². The Labute approximate surface area is 119 Å². The van der Waals surface area contributed by atoms with Crippen LogP contribution in [0.2, 0.25) is 0 Å². The molecule has 96 valence electrons. The lowest BCUT2D eigenvalue weighted by atomic mass is 9.95. The van der Waals surface area contributed by atoms with Crippen LogP contribution in [-0.2, 0) is 12.0 Å². The summed E-state index contributed by atoms with van der Waals surface area (Å²) in [5.41, 5.74) is 0.225. The first-order valence-corrected chi connectivity index (χ1v) is 7.29. The van der Waals surface area contributed by atoms with Gasteiger partial charge in [-0.2, -0.15) is 0 Å². The summed E-state index contributed by atoms with van der Waals surface area (Å²) in [6.07, 6.45) is 0.579. The van der Waals surface area contributed by atoms with Crippen molar-refractivity contribution in [2.45, 2.75) is 18.9 Å². The monoisotopic (exact) mass is 326 g/mol. The van der Waals surface area contributed by atoms with Crippen molar-refractivity contribution < 1.29 is 9.84 Å². The number of methoxy groups -OCH3 is 1. The first-order valence-electron chi connectivity index (χ1n) is 5.62. The Balaban J connectivity index is 2.19. The average molecular weight is 327 g/mol. The highest BCUT2D eigenvalue weighted by Crippen LogP contribution is 2.35. The fraction of sp³-hybridized carbons (Fsp3) is 0.286. The summed E-state index contributed by atoms with van der Waals surface area (Å²) in [6.45, 7) is 1.84. The second-order valence-corrected chi connectivity index (χ2v) is 6.17. The van der Waals surface area contributed by atoms with E-state index >= 15 is 0 Å². The van der Waals surface area contributed by atoms with Crippen LogP contribution in [-0.4, -0.2) is 12.2 Å². The highest BCUT2D eigenvalue weighted by molar-refractivity contribution is 9.10. The minimum Gasteiger partial charge on any atom is -0.497 e. The minimum atomic E-state index is -0.860. The zero-order valence-corrected chi connectivity index (χ0v) is 12.7. The molecule has 1 unspecified atom stereocenters.